The molecule has 0 saturated carbocycles. The maximum atomic E-state index is 9.63. The van der Waals surface area contributed by atoms with Gasteiger partial charge in [-0.15, -0.1) is 0 Å². The summed E-state index contributed by atoms with van der Waals surface area (Å²) in [5.41, 5.74) is -2.37. The largest absolute Gasteiger partial charge is 0.394 e. The van der Waals surface area contributed by atoms with E-state index in [-0.39, 0.29) is 5.78 Å². The van der Waals surface area contributed by atoms with Crippen LogP contribution in [0.1, 0.15) is 41.5 Å². The first-order valence-corrected chi connectivity index (χ1v) is 11.9. The highest BCUT2D eigenvalue weighted by Gasteiger charge is 2.46. The lowest BCUT2D eigenvalue weighted by molar-refractivity contribution is -0.316. The average molecular weight is 598 g/mol. The number of aliphatic hydroxyl groups excluding tert-OH is 9. The second-order valence-electron chi connectivity index (χ2n) is 9.74. The van der Waals surface area contributed by atoms with Crippen molar-refractivity contribution >= 4 is 5.78 Å². The van der Waals surface area contributed by atoms with Crippen LogP contribution >= 0.6 is 0 Å². The summed E-state index contributed by atoms with van der Waals surface area (Å²) in [5, 5.41) is 114. The molecule has 1 unspecified atom stereocenters. The van der Waals surface area contributed by atoms with Crippen molar-refractivity contribution in [3.05, 3.63) is 0 Å². The third-order valence-corrected chi connectivity index (χ3v) is 4.67. The quantitative estimate of drug-likeness (QED) is 0.138. The Hall–Kier alpha value is -2.38. The van der Waals surface area contributed by atoms with Gasteiger partial charge in [-0.3, -0.25) is 0 Å². The molecule has 2 fully saturated rings. The predicted molar refractivity (Wildman–Crippen MR) is 135 cm³/mol. The van der Waals surface area contributed by atoms with Crippen LogP contribution in [-0.4, -0.2) is 143 Å². The van der Waals surface area contributed by atoms with Gasteiger partial charge in [0.2, 0.25) is 0 Å². The third kappa shape index (κ3) is 17.2. The fourth-order valence-electron chi connectivity index (χ4n) is 2.56. The van der Waals surface area contributed by atoms with E-state index in [9.17, 15) is 20.1 Å². The molecule has 0 radical (unpaired) electrons. The zero-order chi connectivity index (χ0) is 33.3. The van der Waals surface area contributed by atoms with Gasteiger partial charge in [-0.05, 0) is 41.5 Å². The highest BCUT2D eigenvalue weighted by Crippen LogP contribution is 2.25. The molecule has 0 bridgehead atoms. The van der Waals surface area contributed by atoms with Crippen LogP contribution in [0.25, 0.3) is 0 Å². The molecule has 2 aliphatic rings. The van der Waals surface area contributed by atoms with Crippen molar-refractivity contribution in [2.24, 2.45) is 0 Å². The number of rotatable bonds is 4. The normalized spacial score (nSPS) is 32.7. The Morgan fingerprint density at radius 2 is 1.10 bits per heavy atom. The Bertz CT molecular complexity index is 827. The molecule has 10 atom stereocenters. The standard InChI is InChI=1S/C10H17NO6.C6H12O6.C4H7NO.C3H6O.CHN/c1-10(2,4-11)17-9-8(15)7(14)6(13)5(3-12)16-9;7-1-2-3(8)4(9)5(10)6(11)12-2;1-4(2,6)3-5;1-3(2)4;1-2/h5-9,12-15H,3H2,1-2H3;2-11H,1H2;6H,1-2H3;1-2H3;1H/t5-,6-,7+,8-,9?;2-,3-,4+,5-,6-;;;/m11.../s1. The van der Waals surface area contributed by atoms with Crippen LogP contribution in [0.3, 0.4) is 0 Å². The van der Waals surface area contributed by atoms with Crippen LogP contribution in [0.15, 0.2) is 0 Å². The molecule has 2 saturated heterocycles. The van der Waals surface area contributed by atoms with E-state index in [0.29, 0.717) is 0 Å². The van der Waals surface area contributed by atoms with Crippen molar-refractivity contribution in [2.45, 2.75) is 114 Å². The molecule has 17 nitrogen and oxygen atoms in total. The topological polar surface area (TPSA) is 318 Å². The van der Waals surface area contributed by atoms with Crippen LogP contribution in [0.5, 0.6) is 0 Å². The summed E-state index contributed by atoms with van der Waals surface area (Å²) in [7, 11) is 0. The summed E-state index contributed by atoms with van der Waals surface area (Å²) in [4.78, 5) is 9.44. The van der Waals surface area contributed by atoms with Gasteiger partial charge in [0.25, 0.3) is 0 Å². The van der Waals surface area contributed by atoms with Crippen molar-refractivity contribution in [1.82, 2.24) is 0 Å². The summed E-state index contributed by atoms with van der Waals surface area (Å²) >= 11 is 0. The first-order chi connectivity index (χ1) is 18.7. The highest BCUT2D eigenvalue weighted by atomic mass is 16.7. The summed E-state index contributed by atoms with van der Waals surface area (Å²) < 4.78 is 14.8. The molecule has 238 valence electrons. The number of hydrogen-bond donors (Lipinski definition) is 10. The number of ketones is 1. The molecule has 0 aromatic heterocycles. The maximum absolute atomic E-state index is 9.63. The van der Waals surface area contributed by atoms with Crippen molar-refractivity contribution < 1.29 is 70.1 Å². The lowest BCUT2D eigenvalue weighted by Gasteiger charge is -2.41. The Morgan fingerprint density at radius 1 is 0.756 bits per heavy atom. The van der Waals surface area contributed by atoms with Crippen molar-refractivity contribution in [3.63, 3.8) is 0 Å². The summed E-state index contributed by atoms with van der Waals surface area (Å²) in [6, 6.07) is 3.51. The number of nitrogens with zero attached hydrogens (tertiary/aromatic N) is 3. The smallest absolute Gasteiger partial charge is 0.188 e. The van der Waals surface area contributed by atoms with Gasteiger partial charge in [0.1, 0.15) is 60.2 Å². The van der Waals surface area contributed by atoms with E-state index in [1.165, 1.54) is 41.5 Å². The second kappa shape index (κ2) is 20.5. The van der Waals surface area contributed by atoms with E-state index in [0.717, 1.165) is 0 Å². The molecule has 2 aliphatic heterocycles. The van der Waals surface area contributed by atoms with Crippen molar-refractivity contribution in [2.75, 3.05) is 13.2 Å². The first-order valence-electron chi connectivity index (χ1n) is 11.9. The molecule has 0 aromatic rings. The molecule has 0 aliphatic carbocycles. The molecule has 0 aromatic carbocycles. The number of carbonyl (C=O) groups excluding carboxylic acids is 1. The van der Waals surface area contributed by atoms with Crippen LogP contribution in [0.4, 0.5) is 0 Å². The molecular weight excluding hydrogens is 554 g/mol. The maximum Gasteiger partial charge on any atom is 0.188 e. The minimum absolute atomic E-state index is 0.167. The summed E-state index contributed by atoms with van der Waals surface area (Å²) in [5.74, 6) is 0.167. The Labute approximate surface area is 238 Å². The third-order valence-electron chi connectivity index (χ3n) is 4.67. The minimum atomic E-state index is -1.57. The van der Waals surface area contributed by atoms with Gasteiger partial charge >= 0.3 is 0 Å². The monoisotopic (exact) mass is 597 g/mol. The molecule has 2 heterocycles. The molecular formula is C24H43N3O14. The lowest BCUT2D eigenvalue weighted by atomic mass is 9.99. The SMILES string of the molecule is C#N.CC(C)(C#N)OC1O[C@H](CO)[C@@H](O)[C@H](O)[C@H]1O.CC(C)(O)C#N.CC(C)=O.OC[C@H]1O[C@@H](O)[C@H](O)[C@@H](O)[C@@H]1O. The predicted octanol–water partition coefficient (Wildman–Crippen LogP) is -4.10. The second-order valence-corrected chi connectivity index (χ2v) is 9.74. The van der Waals surface area contributed by atoms with E-state index < -0.39 is 85.8 Å². The molecule has 0 amide bonds. The van der Waals surface area contributed by atoms with Crippen LogP contribution in [-0.2, 0) is 19.0 Å². The molecule has 17 heteroatoms. The Morgan fingerprint density at radius 3 is 1.41 bits per heavy atom. The average Bonchev–Trinajstić information content (AvgIpc) is 2.91. The van der Waals surface area contributed by atoms with Gasteiger partial charge in [0.15, 0.2) is 18.2 Å². The summed E-state index contributed by atoms with van der Waals surface area (Å²) in [6.07, 6.45) is -13.8. The van der Waals surface area contributed by atoms with E-state index in [2.05, 4.69) is 11.3 Å². The highest BCUT2D eigenvalue weighted by molar-refractivity contribution is 5.72. The fourth-order valence-corrected chi connectivity index (χ4v) is 2.56. The van der Waals surface area contributed by atoms with Crippen molar-refractivity contribution in [1.29, 1.82) is 15.8 Å². The van der Waals surface area contributed by atoms with E-state index in [1.807, 2.05) is 6.07 Å². The van der Waals surface area contributed by atoms with E-state index in [1.54, 1.807) is 6.07 Å². The Kier molecular flexibility index (Phi) is 21.5. The number of Topliss-reactive ketones (excluding diaryl/α,β-unsaturated/α-hetero) is 1. The molecule has 41 heavy (non-hydrogen) atoms. The van der Waals surface area contributed by atoms with Gasteiger partial charge < -0.3 is 70.1 Å². The minimum Gasteiger partial charge on any atom is -0.394 e. The van der Waals surface area contributed by atoms with Crippen LogP contribution < -0.4 is 0 Å². The van der Waals surface area contributed by atoms with Gasteiger partial charge in [-0.25, -0.2) is 5.26 Å². The number of nitriles is 3. The number of ether oxygens (including phenoxy) is 3. The number of aliphatic hydroxyl groups is 10. The van der Waals surface area contributed by atoms with Gasteiger partial charge in [0.05, 0.1) is 25.4 Å². The number of carbonyl (C=O) groups is 1. The summed E-state index contributed by atoms with van der Waals surface area (Å²) in [6.45, 7) is 11.3. The molecule has 2 rings (SSSR count). The molecule has 0 spiro atoms. The van der Waals surface area contributed by atoms with Gasteiger partial charge in [-0.1, -0.05) is 0 Å². The van der Waals surface area contributed by atoms with E-state index >= 15 is 0 Å². The zero-order valence-corrected chi connectivity index (χ0v) is 23.7. The Balaban J connectivity index is -0.000000521. The van der Waals surface area contributed by atoms with Crippen LogP contribution in [0, 0.1) is 34.5 Å². The molecule has 10 N–H and O–H groups in total. The first kappa shape index (κ1) is 43.1. The zero-order valence-electron chi connectivity index (χ0n) is 23.7. The van der Waals surface area contributed by atoms with Crippen LogP contribution in [0.2, 0.25) is 0 Å². The fraction of sp³-hybridized carbons (Fsp3) is 0.833. The van der Waals surface area contributed by atoms with Gasteiger partial charge in [0, 0.05) is 6.57 Å². The van der Waals surface area contributed by atoms with E-state index in [4.69, 9.17) is 61.0 Å². The van der Waals surface area contributed by atoms with Gasteiger partial charge in [-0.2, -0.15) is 10.5 Å². The van der Waals surface area contributed by atoms with Crippen molar-refractivity contribution in [3.8, 4) is 18.7 Å². The lowest BCUT2D eigenvalue weighted by Crippen LogP contribution is -2.60. The number of hydrogen-bond acceptors (Lipinski definition) is 17.